The summed E-state index contributed by atoms with van der Waals surface area (Å²) in [6, 6.07) is 5.78. The first-order chi connectivity index (χ1) is 6.31. The van der Waals surface area contributed by atoms with Crippen LogP contribution < -0.4 is 15.4 Å². The van der Waals surface area contributed by atoms with Gasteiger partial charge in [-0.25, -0.2) is 0 Å². The van der Waals surface area contributed by atoms with Crippen molar-refractivity contribution in [2.75, 3.05) is 30.3 Å². The van der Waals surface area contributed by atoms with Crippen LogP contribution in [0, 0.1) is 0 Å². The number of rotatable bonds is 1. The maximum atomic E-state index is 5.72. The van der Waals surface area contributed by atoms with Crippen molar-refractivity contribution < 1.29 is 4.74 Å². The van der Waals surface area contributed by atoms with Crippen molar-refractivity contribution in [3.05, 3.63) is 18.2 Å². The van der Waals surface area contributed by atoms with E-state index in [-0.39, 0.29) is 0 Å². The second-order valence-electron chi connectivity index (χ2n) is 3.16. The molecule has 0 atom stereocenters. The molecule has 0 fully saturated rings. The third-order valence-electron chi connectivity index (χ3n) is 2.32. The number of benzene rings is 1. The van der Waals surface area contributed by atoms with Gasteiger partial charge in [0.1, 0.15) is 12.4 Å². The Morgan fingerprint density at radius 2 is 2.38 bits per heavy atom. The van der Waals surface area contributed by atoms with Gasteiger partial charge in [-0.3, -0.25) is 0 Å². The van der Waals surface area contributed by atoms with E-state index in [0.29, 0.717) is 0 Å². The summed E-state index contributed by atoms with van der Waals surface area (Å²) in [5.74, 6) is 0.947. The maximum absolute atomic E-state index is 5.72. The molecule has 0 bridgehead atoms. The Morgan fingerprint density at radius 1 is 1.54 bits per heavy atom. The Balaban J connectivity index is 2.41. The van der Waals surface area contributed by atoms with Crippen molar-refractivity contribution in [2.45, 2.75) is 6.92 Å². The summed E-state index contributed by atoms with van der Waals surface area (Å²) < 4.78 is 5.51. The highest BCUT2D eigenvalue weighted by Crippen LogP contribution is 2.32. The minimum Gasteiger partial charge on any atom is -0.490 e. The van der Waals surface area contributed by atoms with E-state index in [2.05, 4.69) is 11.8 Å². The topological polar surface area (TPSA) is 38.5 Å². The number of nitrogens with two attached hydrogens (primary N) is 1. The van der Waals surface area contributed by atoms with E-state index >= 15 is 0 Å². The van der Waals surface area contributed by atoms with E-state index in [9.17, 15) is 0 Å². The lowest BCUT2D eigenvalue weighted by Crippen LogP contribution is -2.32. The highest BCUT2D eigenvalue weighted by molar-refractivity contribution is 5.65. The lowest BCUT2D eigenvalue weighted by atomic mass is 10.2. The SMILES string of the molecule is CCN1CCOc2ccc(N)cc21. The summed E-state index contributed by atoms with van der Waals surface area (Å²) >= 11 is 0. The standard InChI is InChI=1S/C10H14N2O/c1-2-12-5-6-13-10-4-3-8(11)7-9(10)12/h3-4,7H,2,5-6,11H2,1H3. The molecule has 2 rings (SSSR count). The fourth-order valence-electron chi connectivity index (χ4n) is 1.62. The second kappa shape index (κ2) is 3.17. The molecule has 0 aromatic heterocycles. The average Bonchev–Trinajstić information content (AvgIpc) is 2.17. The molecule has 0 unspecified atom stereocenters. The summed E-state index contributed by atoms with van der Waals surface area (Å²) in [5.41, 5.74) is 7.63. The zero-order valence-electron chi connectivity index (χ0n) is 7.79. The fourth-order valence-corrected chi connectivity index (χ4v) is 1.62. The van der Waals surface area contributed by atoms with Crippen LogP contribution in [0.15, 0.2) is 18.2 Å². The zero-order valence-corrected chi connectivity index (χ0v) is 7.79. The van der Waals surface area contributed by atoms with Gasteiger partial charge in [-0.1, -0.05) is 0 Å². The minimum atomic E-state index is 0.769. The summed E-state index contributed by atoms with van der Waals surface area (Å²) in [6.07, 6.45) is 0. The lowest BCUT2D eigenvalue weighted by molar-refractivity contribution is 0.308. The molecule has 1 heterocycles. The first-order valence-corrected chi connectivity index (χ1v) is 4.58. The van der Waals surface area contributed by atoms with Gasteiger partial charge in [0.05, 0.1) is 12.2 Å². The Bertz CT molecular complexity index is 312. The van der Waals surface area contributed by atoms with Gasteiger partial charge in [-0.2, -0.15) is 0 Å². The molecular weight excluding hydrogens is 164 g/mol. The van der Waals surface area contributed by atoms with Crippen molar-refractivity contribution in [2.24, 2.45) is 0 Å². The second-order valence-corrected chi connectivity index (χ2v) is 3.16. The summed E-state index contributed by atoms with van der Waals surface area (Å²) in [4.78, 5) is 2.27. The van der Waals surface area contributed by atoms with Crippen LogP contribution in [0.5, 0.6) is 5.75 Å². The minimum absolute atomic E-state index is 0.769. The highest BCUT2D eigenvalue weighted by atomic mass is 16.5. The molecule has 0 saturated carbocycles. The van der Waals surface area contributed by atoms with E-state index in [1.807, 2.05) is 18.2 Å². The molecule has 70 valence electrons. The summed E-state index contributed by atoms with van der Waals surface area (Å²) in [7, 11) is 0. The molecule has 13 heavy (non-hydrogen) atoms. The molecule has 2 N–H and O–H groups in total. The molecule has 0 saturated heterocycles. The molecule has 1 aromatic rings. The Kier molecular flexibility index (Phi) is 2.00. The Hall–Kier alpha value is -1.38. The molecule has 1 aliphatic heterocycles. The largest absolute Gasteiger partial charge is 0.490 e. The normalized spacial score (nSPS) is 15.0. The molecule has 0 aliphatic carbocycles. The van der Waals surface area contributed by atoms with E-state index in [1.165, 1.54) is 0 Å². The first-order valence-electron chi connectivity index (χ1n) is 4.58. The van der Waals surface area contributed by atoms with Gasteiger partial charge in [0, 0.05) is 12.2 Å². The predicted molar refractivity (Wildman–Crippen MR) is 54.2 cm³/mol. The predicted octanol–water partition coefficient (Wildman–Crippen LogP) is 1.49. The van der Waals surface area contributed by atoms with Gasteiger partial charge in [0.2, 0.25) is 0 Å². The first kappa shape index (κ1) is 8.23. The van der Waals surface area contributed by atoms with Gasteiger partial charge in [0.25, 0.3) is 0 Å². The van der Waals surface area contributed by atoms with Crippen molar-refractivity contribution in [1.29, 1.82) is 0 Å². The van der Waals surface area contributed by atoms with Gasteiger partial charge in [0.15, 0.2) is 0 Å². The van der Waals surface area contributed by atoms with Crippen LogP contribution in [0.3, 0.4) is 0 Å². The van der Waals surface area contributed by atoms with Crippen LogP contribution in [-0.2, 0) is 0 Å². The van der Waals surface area contributed by atoms with E-state index in [1.54, 1.807) is 0 Å². The Labute approximate surface area is 78.1 Å². The molecule has 0 spiro atoms. The van der Waals surface area contributed by atoms with Crippen LogP contribution in [0.1, 0.15) is 6.92 Å². The molecule has 3 nitrogen and oxygen atoms in total. The maximum Gasteiger partial charge on any atom is 0.142 e. The fraction of sp³-hybridized carbons (Fsp3) is 0.400. The van der Waals surface area contributed by atoms with E-state index < -0.39 is 0 Å². The van der Waals surface area contributed by atoms with Crippen LogP contribution in [-0.4, -0.2) is 19.7 Å². The number of nitrogens with zero attached hydrogens (tertiary/aromatic N) is 1. The lowest BCUT2D eigenvalue weighted by Gasteiger charge is -2.30. The van der Waals surface area contributed by atoms with E-state index in [4.69, 9.17) is 10.5 Å². The van der Waals surface area contributed by atoms with Crippen molar-refractivity contribution in [3.8, 4) is 5.75 Å². The molecule has 1 aliphatic rings. The number of hydrogen-bond donors (Lipinski definition) is 1. The van der Waals surface area contributed by atoms with Gasteiger partial charge >= 0.3 is 0 Å². The number of hydrogen-bond acceptors (Lipinski definition) is 3. The summed E-state index contributed by atoms with van der Waals surface area (Å²) in [6.45, 7) is 4.86. The van der Waals surface area contributed by atoms with Crippen LogP contribution in [0.25, 0.3) is 0 Å². The number of fused-ring (bicyclic) bond motifs is 1. The molecule has 1 aromatic carbocycles. The third kappa shape index (κ3) is 1.41. The molecule has 3 heteroatoms. The smallest absolute Gasteiger partial charge is 0.142 e. The van der Waals surface area contributed by atoms with Crippen molar-refractivity contribution in [3.63, 3.8) is 0 Å². The van der Waals surface area contributed by atoms with Crippen molar-refractivity contribution in [1.82, 2.24) is 0 Å². The number of anilines is 2. The Morgan fingerprint density at radius 3 is 3.15 bits per heavy atom. The number of nitrogen functional groups attached to an aromatic ring is 1. The average molecular weight is 178 g/mol. The molecular formula is C10H14N2O. The van der Waals surface area contributed by atoms with Crippen LogP contribution >= 0.6 is 0 Å². The number of likely N-dealkylation sites (N-methyl/N-ethyl adjacent to an activating group) is 1. The third-order valence-corrected chi connectivity index (χ3v) is 2.32. The highest BCUT2D eigenvalue weighted by Gasteiger charge is 2.15. The van der Waals surface area contributed by atoms with Gasteiger partial charge in [-0.05, 0) is 25.1 Å². The zero-order chi connectivity index (χ0) is 9.26. The van der Waals surface area contributed by atoms with Crippen molar-refractivity contribution >= 4 is 11.4 Å². The molecule has 0 radical (unpaired) electrons. The molecule has 0 amide bonds. The quantitative estimate of drug-likeness (QED) is 0.662. The summed E-state index contributed by atoms with van der Waals surface area (Å²) in [5, 5.41) is 0. The van der Waals surface area contributed by atoms with Gasteiger partial charge < -0.3 is 15.4 Å². The van der Waals surface area contributed by atoms with E-state index in [0.717, 1.165) is 36.8 Å². The van der Waals surface area contributed by atoms with Crippen LogP contribution in [0.2, 0.25) is 0 Å². The monoisotopic (exact) mass is 178 g/mol. The van der Waals surface area contributed by atoms with Gasteiger partial charge in [-0.15, -0.1) is 0 Å². The van der Waals surface area contributed by atoms with Crippen LogP contribution in [0.4, 0.5) is 11.4 Å². The number of ether oxygens (including phenoxy) is 1.